The van der Waals surface area contributed by atoms with Crippen molar-refractivity contribution in [1.29, 1.82) is 0 Å². The van der Waals surface area contributed by atoms with Crippen molar-refractivity contribution in [3.63, 3.8) is 0 Å². The van der Waals surface area contributed by atoms with E-state index in [1.165, 1.54) is 31.2 Å². The highest BCUT2D eigenvalue weighted by Gasteiger charge is 2.22. The molecule has 1 fully saturated rings. The summed E-state index contributed by atoms with van der Waals surface area (Å²) in [5.74, 6) is 0. The third-order valence-electron chi connectivity index (χ3n) is 3.78. The lowest BCUT2D eigenvalue weighted by Crippen LogP contribution is -2.08. The molecule has 1 aromatic carbocycles. The van der Waals surface area contributed by atoms with Gasteiger partial charge in [0.2, 0.25) is 5.16 Å². The van der Waals surface area contributed by atoms with Crippen LogP contribution in [0.25, 0.3) is 0 Å². The van der Waals surface area contributed by atoms with E-state index in [2.05, 4.69) is 40.6 Å². The molecule has 0 aliphatic heterocycles. The monoisotopic (exact) mass is 289 g/mol. The molecule has 1 saturated carbocycles. The Morgan fingerprint density at radius 2 is 2.15 bits per heavy atom. The van der Waals surface area contributed by atoms with Crippen LogP contribution in [0, 0.1) is 6.92 Å². The van der Waals surface area contributed by atoms with Crippen LogP contribution in [0.15, 0.2) is 28.3 Å². The number of hydrogen-bond donors (Lipinski definition) is 1. The summed E-state index contributed by atoms with van der Waals surface area (Å²) in [7, 11) is 0. The molecule has 5 nitrogen and oxygen atoms in total. The van der Waals surface area contributed by atoms with Crippen LogP contribution in [0.3, 0.4) is 0 Å². The maximum Gasteiger partial charge on any atom is 0.214 e. The molecule has 1 heterocycles. The van der Waals surface area contributed by atoms with Crippen LogP contribution >= 0.6 is 11.8 Å². The first-order chi connectivity index (χ1) is 9.78. The van der Waals surface area contributed by atoms with Gasteiger partial charge in [0.1, 0.15) is 0 Å². The lowest BCUT2D eigenvalue weighted by atomic mass is 10.1. The Hall–Kier alpha value is -1.40. The van der Waals surface area contributed by atoms with Gasteiger partial charge in [-0.05, 0) is 59.1 Å². The summed E-state index contributed by atoms with van der Waals surface area (Å²) >= 11 is 1.62. The molecule has 0 bridgehead atoms. The lowest BCUT2D eigenvalue weighted by molar-refractivity contribution is 0.423. The maximum absolute atomic E-state index is 5.82. The van der Waals surface area contributed by atoms with Gasteiger partial charge in [-0.3, -0.25) is 0 Å². The summed E-state index contributed by atoms with van der Waals surface area (Å²) in [5.41, 5.74) is 8.18. The molecule has 0 amide bonds. The average Bonchev–Trinajstić information content (AvgIpc) is 3.09. The molecule has 1 aliphatic carbocycles. The van der Waals surface area contributed by atoms with Crippen LogP contribution < -0.4 is 5.73 Å². The molecule has 2 N–H and O–H groups in total. The Bertz CT molecular complexity index is 589. The van der Waals surface area contributed by atoms with Crippen molar-refractivity contribution in [3.8, 4) is 0 Å². The predicted molar refractivity (Wildman–Crippen MR) is 78.5 cm³/mol. The Balaban J connectivity index is 1.88. The van der Waals surface area contributed by atoms with Gasteiger partial charge in [0.05, 0.1) is 6.04 Å². The van der Waals surface area contributed by atoms with E-state index in [4.69, 9.17) is 5.73 Å². The highest BCUT2D eigenvalue weighted by Crippen LogP contribution is 2.35. The molecule has 0 radical (unpaired) electrons. The standard InChI is InChI=1S/C14H19N5S/c1-10-6-7-11(9-15)13(8-10)20-14-16-17-18-19(14)12-4-2-3-5-12/h6-8,12H,2-5,9,15H2,1H3. The topological polar surface area (TPSA) is 69.6 Å². The number of hydrogen-bond acceptors (Lipinski definition) is 5. The Morgan fingerprint density at radius 3 is 2.90 bits per heavy atom. The van der Waals surface area contributed by atoms with Gasteiger partial charge in [0.15, 0.2) is 0 Å². The zero-order valence-electron chi connectivity index (χ0n) is 11.6. The molecule has 3 rings (SSSR count). The molecule has 0 saturated heterocycles. The van der Waals surface area contributed by atoms with Gasteiger partial charge >= 0.3 is 0 Å². The molecule has 1 aromatic heterocycles. The second kappa shape index (κ2) is 5.93. The van der Waals surface area contributed by atoms with E-state index in [0.29, 0.717) is 12.6 Å². The first-order valence-corrected chi connectivity index (χ1v) is 7.85. The number of rotatable bonds is 4. The molecule has 2 aromatic rings. The highest BCUT2D eigenvalue weighted by atomic mass is 32.2. The van der Waals surface area contributed by atoms with Crippen LogP contribution in [-0.4, -0.2) is 20.2 Å². The third-order valence-corrected chi connectivity index (χ3v) is 4.83. The van der Waals surface area contributed by atoms with E-state index in [-0.39, 0.29) is 0 Å². The normalized spacial score (nSPS) is 15.9. The molecular weight excluding hydrogens is 270 g/mol. The minimum absolute atomic E-state index is 0.457. The molecule has 0 atom stereocenters. The average molecular weight is 289 g/mol. The van der Waals surface area contributed by atoms with Crippen LogP contribution in [0.5, 0.6) is 0 Å². The number of aryl methyl sites for hydroxylation is 1. The second-order valence-electron chi connectivity index (χ2n) is 5.26. The van der Waals surface area contributed by atoms with Gasteiger partial charge in [0, 0.05) is 11.4 Å². The molecule has 0 unspecified atom stereocenters. The molecule has 106 valence electrons. The predicted octanol–water partition coefficient (Wildman–Crippen LogP) is 2.71. The quantitative estimate of drug-likeness (QED) is 0.937. The zero-order chi connectivity index (χ0) is 13.9. The SMILES string of the molecule is Cc1ccc(CN)c(Sc2nnnn2C2CCCC2)c1. The minimum Gasteiger partial charge on any atom is -0.326 e. The largest absolute Gasteiger partial charge is 0.326 e. The summed E-state index contributed by atoms with van der Waals surface area (Å²) in [6.45, 7) is 2.62. The maximum atomic E-state index is 5.82. The van der Waals surface area contributed by atoms with Crippen molar-refractivity contribution >= 4 is 11.8 Å². The summed E-state index contributed by atoms with van der Waals surface area (Å²) in [5, 5.41) is 13.1. The molecule has 6 heteroatoms. The van der Waals surface area contributed by atoms with Crippen molar-refractivity contribution in [2.24, 2.45) is 5.73 Å². The van der Waals surface area contributed by atoms with Crippen molar-refractivity contribution in [1.82, 2.24) is 20.2 Å². The van der Waals surface area contributed by atoms with Gasteiger partial charge in [-0.25, -0.2) is 4.68 Å². The van der Waals surface area contributed by atoms with E-state index in [9.17, 15) is 0 Å². The van der Waals surface area contributed by atoms with Crippen molar-refractivity contribution < 1.29 is 0 Å². The van der Waals surface area contributed by atoms with Gasteiger partial charge in [-0.15, -0.1) is 5.10 Å². The van der Waals surface area contributed by atoms with Crippen LogP contribution in [0.1, 0.15) is 42.9 Å². The zero-order valence-corrected chi connectivity index (χ0v) is 12.4. The van der Waals surface area contributed by atoms with Gasteiger partial charge in [0.25, 0.3) is 0 Å². The Labute approximate surface area is 122 Å². The fourth-order valence-electron chi connectivity index (χ4n) is 2.65. The minimum atomic E-state index is 0.457. The van der Waals surface area contributed by atoms with E-state index in [1.807, 2.05) is 4.68 Å². The fourth-order valence-corrected chi connectivity index (χ4v) is 3.73. The second-order valence-corrected chi connectivity index (χ2v) is 6.27. The summed E-state index contributed by atoms with van der Waals surface area (Å²) < 4.78 is 1.99. The smallest absolute Gasteiger partial charge is 0.214 e. The number of nitrogens with zero attached hydrogens (tertiary/aromatic N) is 4. The Kier molecular flexibility index (Phi) is 4.03. The summed E-state index contributed by atoms with van der Waals surface area (Å²) in [6, 6.07) is 6.78. The van der Waals surface area contributed by atoms with E-state index >= 15 is 0 Å². The third kappa shape index (κ3) is 2.71. The number of nitrogens with two attached hydrogens (primary N) is 1. The van der Waals surface area contributed by atoms with E-state index in [0.717, 1.165) is 15.6 Å². The molecule has 20 heavy (non-hydrogen) atoms. The Morgan fingerprint density at radius 1 is 1.35 bits per heavy atom. The summed E-state index contributed by atoms with van der Waals surface area (Å²) in [4.78, 5) is 1.15. The van der Waals surface area contributed by atoms with Crippen molar-refractivity contribution in [2.45, 2.75) is 55.2 Å². The van der Waals surface area contributed by atoms with Gasteiger partial charge in [-0.1, -0.05) is 25.0 Å². The number of tetrazole rings is 1. The first-order valence-electron chi connectivity index (χ1n) is 7.03. The molecular formula is C14H19N5S. The van der Waals surface area contributed by atoms with E-state index < -0.39 is 0 Å². The van der Waals surface area contributed by atoms with Crippen LogP contribution in [-0.2, 0) is 6.54 Å². The molecule has 1 aliphatic rings. The van der Waals surface area contributed by atoms with Gasteiger partial charge < -0.3 is 5.73 Å². The lowest BCUT2D eigenvalue weighted by Gasteiger charge is -2.12. The van der Waals surface area contributed by atoms with Crippen molar-refractivity contribution in [2.75, 3.05) is 0 Å². The molecule has 0 spiro atoms. The van der Waals surface area contributed by atoms with Gasteiger partial charge in [-0.2, -0.15) is 0 Å². The van der Waals surface area contributed by atoms with Crippen LogP contribution in [0.2, 0.25) is 0 Å². The van der Waals surface area contributed by atoms with Crippen LogP contribution in [0.4, 0.5) is 0 Å². The first kappa shape index (κ1) is 13.6. The highest BCUT2D eigenvalue weighted by molar-refractivity contribution is 7.99. The fraction of sp³-hybridized carbons (Fsp3) is 0.500. The van der Waals surface area contributed by atoms with E-state index in [1.54, 1.807) is 11.8 Å². The number of aromatic nitrogens is 4. The number of benzene rings is 1. The summed E-state index contributed by atoms with van der Waals surface area (Å²) in [6.07, 6.45) is 4.90. The van der Waals surface area contributed by atoms with Crippen molar-refractivity contribution in [3.05, 3.63) is 29.3 Å².